The third-order valence-corrected chi connectivity index (χ3v) is 4.31. The summed E-state index contributed by atoms with van der Waals surface area (Å²) in [4.78, 5) is 12.2. The van der Waals surface area contributed by atoms with Gasteiger partial charge in [-0.2, -0.15) is 5.10 Å². The zero-order valence-electron chi connectivity index (χ0n) is 15.7. The predicted molar refractivity (Wildman–Crippen MR) is 99.9 cm³/mol. The van der Waals surface area contributed by atoms with Gasteiger partial charge in [0.05, 0.1) is 11.4 Å². The molecule has 0 aliphatic heterocycles. The Morgan fingerprint density at radius 2 is 1.96 bits per heavy atom. The van der Waals surface area contributed by atoms with Crippen molar-refractivity contribution in [3.05, 3.63) is 41.1 Å². The Hall–Kier alpha value is -2.10. The molecule has 2 rings (SSSR count). The number of anilines is 1. The van der Waals surface area contributed by atoms with Gasteiger partial charge >= 0.3 is 0 Å². The lowest BCUT2D eigenvalue weighted by Gasteiger charge is -2.15. The highest BCUT2D eigenvalue weighted by Gasteiger charge is 2.22. The van der Waals surface area contributed by atoms with Crippen LogP contribution in [0, 0.1) is 13.8 Å². The van der Waals surface area contributed by atoms with Crippen LogP contribution in [0.1, 0.15) is 63.8 Å². The van der Waals surface area contributed by atoms with Gasteiger partial charge in [-0.3, -0.25) is 4.79 Å². The van der Waals surface area contributed by atoms with Crippen LogP contribution in [0.2, 0.25) is 0 Å². The Labute approximate surface area is 145 Å². The third kappa shape index (κ3) is 4.05. The molecule has 0 bridgehead atoms. The van der Waals surface area contributed by atoms with Crippen LogP contribution >= 0.6 is 0 Å². The van der Waals surface area contributed by atoms with E-state index in [-0.39, 0.29) is 11.3 Å². The number of hydrogen-bond donors (Lipinski definition) is 1. The molecule has 0 saturated carbocycles. The Morgan fingerprint density at radius 1 is 1.25 bits per heavy atom. The van der Waals surface area contributed by atoms with E-state index in [1.54, 1.807) is 0 Å². The smallest absolute Gasteiger partial charge is 0.225 e. The molecule has 0 spiro atoms. The largest absolute Gasteiger partial charge is 0.311 e. The molecule has 0 saturated heterocycles. The highest BCUT2D eigenvalue weighted by atomic mass is 16.1. The van der Waals surface area contributed by atoms with Crippen molar-refractivity contribution >= 4 is 11.7 Å². The lowest BCUT2D eigenvalue weighted by molar-refractivity contribution is -0.116. The molecule has 0 unspecified atom stereocenters. The molecule has 0 aliphatic carbocycles. The molecule has 130 valence electrons. The Balaban J connectivity index is 2.47. The van der Waals surface area contributed by atoms with Crippen LogP contribution in [-0.4, -0.2) is 15.7 Å². The maximum atomic E-state index is 12.2. The van der Waals surface area contributed by atoms with E-state index in [2.05, 4.69) is 52.9 Å². The van der Waals surface area contributed by atoms with Crippen molar-refractivity contribution in [2.24, 2.45) is 0 Å². The second-order valence-electron chi connectivity index (χ2n) is 7.45. The van der Waals surface area contributed by atoms with Crippen LogP contribution < -0.4 is 5.32 Å². The summed E-state index contributed by atoms with van der Waals surface area (Å²) < 4.78 is 1.87. The Morgan fingerprint density at radius 3 is 2.58 bits per heavy atom. The van der Waals surface area contributed by atoms with Crippen LogP contribution in [0.4, 0.5) is 5.82 Å². The predicted octanol–water partition coefficient (Wildman–Crippen LogP) is 4.92. The van der Waals surface area contributed by atoms with E-state index in [0.717, 1.165) is 30.0 Å². The lowest BCUT2D eigenvalue weighted by Crippen LogP contribution is -2.15. The van der Waals surface area contributed by atoms with Crippen molar-refractivity contribution in [1.82, 2.24) is 9.78 Å². The summed E-state index contributed by atoms with van der Waals surface area (Å²) in [5, 5.41) is 7.83. The van der Waals surface area contributed by atoms with Crippen LogP contribution in [0.3, 0.4) is 0 Å². The average Bonchev–Trinajstić information content (AvgIpc) is 2.92. The van der Waals surface area contributed by atoms with E-state index in [1.807, 2.05) is 22.9 Å². The van der Waals surface area contributed by atoms with Crippen LogP contribution in [0.15, 0.2) is 24.3 Å². The van der Waals surface area contributed by atoms with Crippen LogP contribution in [0.25, 0.3) is 5.69 Å². The molecule has 4 heteroatoms. The van der Waals surface area contributed by atoms with Gasteiger partial charge in [-0.1, -0.05) is 46.2 Å². The molecular formula is C20H29N3O. The first-order valence-electron chi connectivity index (χ1n) is 8.71. The molecule has 0 radical (unpaired) electrons. The topological polar surface area (TPSA) is 46.9 Å². The van der Waals surface area contributed by atoms with Crippen molar-refractivity contribution < 1.29 is 4.79 Å². The van der Waals surface area contributed by atoms with Crippen molar-refractivity contribution in [3.63, 3.8) is 0 Å². The van der Waals surface area contributed by atoms with Gasteiger partial charge in [0.1, 0.15) is 5.82 Å². The number of carbonyl (C=O) groups is 1. The number of aromatic nitrogens is 2. The number of unbranched alkanes of at least 4 members (excludes halogenated alkanes) is 1. The molecule has 1 amide bonds. The molecule has 24 heavy (non-hydrogen) atoms. The van der Waals surface area contributed by atoms with Gasteiger partial charge in [0.2, 0.25) is 5.91 Å². The summed E-state index contributed by atoms with van der Waals surface area (Å²) in [5.74, 6) is 0.790. The minimum absolute atomic E-state index is 0.0452. The van der Waals surface area contributed by atoms with Crippen molar-refractivity contribution in [1.29, 1.82) is 0 Å². The summed E-state index contributed by atoms with van der Waals surface area (Å²) in [7, 11) is 0. The minimum Gasteiger partial charge on any atom is -0.311 e. The molecule has 0 atom stereocenters. The van der Waals surface area contributed by atoms with Crippen molar-refractivity contribution in [2.75, 3.05) is 5.32 Å². The standard InChI is InChI=1S/C20H29N3O/c1-7-8-12-19(24)21-18-13-17(20(4,5)6)22-23(18)16-11-9-10-14(2)15(16)3/h9-11,13H,7-8,12H2,1-6H3,(H,21,24). The normalized spacial score (nSPS) is 11.6. The van der Waals surface area contributed by atoms with Crippen molar-refractivity contribution in [3.8, 4) is 5.69 Å². The second-order valence-corrected chi connectivity index (χ2v) is 7.45. The summed E-state index contributed by atoms with van der Waals surface area (Å²) in [6.45, 7) is 12.7. The number of amides is 1. The second kappa shape index (κ2) is 7.20. The molecule has 2 aromatic rings. The van der Waals surface area contributed by atoms with E-state index >= 15 is 0 Å². The number of nitrogens with zero attached hydrogens (tertiary/aromatic N) is 2. The number of carbonyl (C=O) groups excluding carboxylic acids is 1. The molecule has 0 aliphatic rings. The first-order chi connectivity index (χ1) is 11.2. The number of nitrogens with one attached hydrogen (secondary N) is 1. The quantitative estimate of drug-likeness (QED) is 0.847. The van der Waals surface area contributed by atoms with Gasteiger partial charge in [0.25, 0.3) is 0 Å². The monoisotopic (exact) mass is 327 g/mol. The number of rotatable bonds is 5. The van der Waals surface area contributed by atoms with Gasteiger partial charge in [0, 0.05) is 17.9 Å². The first kappa shape index (κ1) is 18.2. The van der Waals surface area contributed by atoms with Gasteiger partial charge in [-0.25, -0.2) is 4.68 Å². The molecular weight excluding hydrogens is 298 g/mol. The van der Waals surface area contributed by atoms with E-state index in [4.69, 9.17) is 5.10 Å². The summed E-state index contributed by atoms with van der Waals surface area (Å²) in [6.07, 6.45) is 2.45. The van der Waals surface area contributed by atoms with E-state index in [1.165, 1.54) is 11.1 Å². The van der Waals surface area contributed by atoms with E-state index in [9.17, 15) is 4.79 Å². The van der Waals surface area contributed by atoms with Crippen molar-refractivity contribution in [2.45, 2.75) is 66.2 Å². The third-order valence-electron chi connectivity index (χ3n) is 4.31. The maximum absolute atomic E-state index is 12.2. The molecule has 1 aromatic carbocycles. The number of hydrogen-bond acceptors (Lipinski definition) is 2. The Kier molecular flexibility index (Phi) is 5.47. The Bertz CT molecular complexity index is 723. The molecule has 4 nitrogen and oxygen atoms in total. The van der Waals surface area contributed by atoms with E-state index in [0.29, 0.717) is 6.42 Å². The lowest BCUT2D eigenvalue weighted by atomic mass is 9.92. The fraction of sp³-hybridized carbons (Fsp3) is 0.500. The van der Waals surface area contributed by atoms with Crippen LogP contribution in [0.5, 0.6) is 0 Å². The molecule has 1 aromatic heterocycles. The fourth-order valence-electron chi connectivity index (χ4n) is 2.53. The van der Waals surface area contributed by atoms with Gasteiger partial charge in [-0.05, 0) is 37.5 Å². The maximum Gasteiger partial charge on any atom is 0.225 e. The summed E-state index contributed by atoms with van der Waals surface area (Å²) >= 11 is 0. The van der Waals surface area contributed by atoms with Crippen LogP contribution in [-0.2, 0) is 10.2 Å². The van der Waals surface area contributed by atoms with Gasteiger partial charge in [0.15, 0.2) is 0 Å². The summed E-state index contributed by atoms with van der Waals surface area (Å²) in [6, 6.07) is 8.15. The SMILES string of the molecule is CCCCC(=O)Nc1cc(C(C)(C)C)nn1-c1cccc(C)c1C. The highest BCUT2D eigenvalue weighted by Crippen LogP contribution is 2.28. The fourth-order valence-corrected chi connectivity index (χ4v) is 2.53. The zero-order chi connectivity index (χ0) is 17.9. The van der Waals surface area contributed by atoms with E-state index < -0.39 is 0 Å². The van der Waals surface area contributed by atoms with Gasteiger partial charge < -0.3 is 5.32 Å². The average molecular weight is 327 g/mol. The zero-order valence-corrected chi connectivity index (χ0v) is 15.7. The minimum atomic E-state index is -0.0775. The summed E-state index contributed by atoms with van der Waals surface area (Å²) in [5.41, 5.74) is 4.28. The first-order valence-corrected chi connectivity index (χ1v) is 8.71. The highest BCUT2D eigenvalue weighted by molar-refractivity contribution is 5.90. The number of benzene rings is 1. The molecule has 1 heterocycles. The molecule has 1 N–H and O–H groups in total. The molecule has 0 fully saturated rings. The van der Waals surface area contributed by atoms with Gasteiger partial charge in [-0.15, -0.1) is 0 Å². The number of aryl methyl sites for hydroxylation is 1.